The summed E-state index contributed by atoms with van der Waals surface area (Å²) in [5, 5.41) is 9.47. The van der Waals surface area contributed by atoms with E-state index in [9.17, 15) is 9.18 Å². The van der Waals surface area contributed by atoms with Crippen LogP contribution in [0.1, 0.15) is 11.3 Å². The van der Waals surface area contributed by atoms with Crippen molar-refractivity contribution in [3.8, 4) is 0 Å². The third-order valence-electron chi connectivity index (χ3n) is 3.57. The molecule has 2 aromatic rings. The maximum absolute atomic E-state index is 14.2. The Balaban J connectivity index is 2.05. The molecule has 0 spiro atoms. The molecule has 1 unspecified atom stereocenters. The van der Waals surface area contributed by atoms with E-state index >= 15 is 0 Å². The molecule has 2 N–H and O–H groups in total. The van der Waals surface area contributed by atoms with Gasteiger partial charge < -0.3 is 10.1 Å². The molecule has 1 aromatic heterocycles. The molecule has 1 aromatic carbocycles. The summed E-state index contributed by atoms with van der Waals surface area (Å²) in [5.74, 6) is -0.140. The van der Waals surface area contributed by atoms with E-state index in [1.54, 1.807) is 19.1 Å². The van der Waals surface area contributed by atoms with Crippen LogP contribution in [0.25, 0.3) is 0 Å². The zero-order valence-corrected chi connectivity index (χ0v) is 14.7. The second-order valence-corrected chi connectivity index (χ2v) is 5.89. The van der Waals surface area contributed by atoms with E-state index in [2.05, 4.69) is 25.5 Å². The van der Waals surface area contributed by atoms with Crippen LogP contribution in [0.5, 0.6) is 0 Å². The highest BCUT2D eigenvalue weighted by Gasteiger charge is 2.20. The third-order valence-corrected chi connectivity index (χ3v) is 3.81. The fourth-order valence-corrected chi connectivity index (χ4v) is 2.49. The standard InChI is InChI=1S/C17H15ClFN5O2/c1-9-7-13(17(25)24-23-9)21-16-14(26-2)5-6-20-15(22-16)11-8-10(18)3-4-12(11)19/h3-8,14H,1-2H3,(H,24,25)(H,20,21,22,23). The number of anilines is 1. The predicted molar refractivity (Wildman–Crippen MR) is 98.5 cm³/mol. The van der Waals surface area contributed by atoms with Crippen molar-refractivity contribution in [2.24, 2.45) is 9.98 Å². The maximum Gasteiger partial charge on any atom is 0.287 e. The fourth-order valence-electron chi connectivity index (χ4n) is 2.31. The van der Waals surface area contributed by atoms with Crippen molar-refractivity contribution in [3.05, 3.63) is 69.0 Å². The summed E-state index contributed by atoms with van der Waals surface area (Å²) < 4.78 is 19.6. The first-order chi connectivity index (χ1) is 12.5. The van der Waals surface area contributed by atoms with Gasteiger partial charge in [-0.3, -0.25) is 4.79 Å². The van der Waals surface area contributed by atoms with Gasteiger partial charge in [0, 0.05) is 18.3 Å². The van der Waals surface area contributed by atoms with Crippen molar-refractivity contribution in [2.45, 2.75) is 13.0 Å². The van der Waals surface area contributed by atoms with Crippen LogP contribution in [-0.4, -0.2) is 35.1 Å². The molecule has 0 saturated carbocycles. The minimum Gasteiger partial charge on any atom is -0.369 e. The number of methoxy groups -OCH3 is 1. The van der Waals surface area contributed by atoms with Gasteiger partial charge in [0.2, 0.25) is 0 Å². The zero-order chi connectivity index (χ0) is 18.7. The molecule has 0 aliphatic carbocycles. The van der Waals surface area contributed by atoms with Crippen LogP contribution in [0.15, 0.2) is 51.3 Å². The van der Waals surface area contributed by atoms with Crippen LogP contribution in [0.4, 0.5) is 10.1 Å². The molecule has 26 heavy (non-hydrogen) atoms. The number of benzene rings is 1. The maximum atomic E-state index is 14.2. The van der Waals surface area contributed by atoms with Crippen LogP contribution in [0.2, 0.25) is 5.02 Å². The number of nitrogens with zero attached hydrogens (tertiary/aromatic N) is 3. The first-order valence-corrected chi connectivity index (χ1v) is 8.00. The molecular weight excluding hydrogens is 361 g/mol. The van der Waals surface area contributed by atoms with E-state index in [0.29, 0.717) is 10.7 Å². The molecule has 2 heterocycles. The lowest BCUT2D eigenvalue weighted by atomic mass is 10.2. The van der Waals surface area contributed by atoms with Gasteiger partial charge in [0.15, 0.2) is 5.84 Å². The van der Waals surface area contributed by atoms with Crippen LogP contribution in [0.3, 0.4) is 0 Å². The van der Waals surface area contributed by atoms with Gasteiger partial charge in [-0.2, -0.15) is 5.10 Å². The smallest absolute Gasteiger partial charge is 0.287 e. The number of nitrogens with one attached hydrogen (secondary N) is 2. The summed E-state index contributed by atoms with van der Waals surface area (Å²) >= 11 is 5.96. The number of aliphatic imine (C=N–C) groups is 2. The quantitative estimate of drug-likeness (QED) is 0.862. The van der Waals surface area contributed by atoms with Crippen molar-refractivity contribution in [2.75, 3.05) is 12.4 Å². The van der Waals surface area contributed by atoms with Gasteiger partial charge in [-0.05, 0) is 37.3 Å². The van der Waals surface area contributed by atoms with E-state index in [1.807, 2.05) is 0 Å². The van der Waals surface area contributed by atoms with Gasteiger partial charge in [-0.25, -0.2) is 19.5 Å². The molecule has 1 atom stereocenters. The second-order valence-electron chi connectivity index (χ2n) is 5.45. The topological polar surface area (TPSA) is 91.7 Å². The second kappa shape index (κ2) is 7.59. The average Bonchev–Trinajstić information content (AvgIpc) is 2.82. The minimum absolute atomic E-state index is 0.102. The van der Waals surface area contributed by atoms with Gasteiger partial charge in [0.1, 0.15) is 23.4 Å². The summed E-state index contributed by atoms with van der Waals surface area (Å²) in [4.78, 5) is 20.5. The molecule has 3 rings (SSSR count). The lowest BCUT2D eigenvalue weighted by Gasteiger charge is -2.15. The molecule has 0 radical (unpaired) electrons. The number of hydrogen-bond acceptors (Lipinski definition) is 6. The Morgan fingerprint density at radius 3 is 2.92 bits per heavy atom. The minimum atomic E-state index is -0.605. The van der Waals surface area contributed by atoms with Gasteiger partial charge in [0.25, 0.3) is 5.56 Å². The van der Waals surface area contributed by atoms with Crippen molar-refractivity contribution in [3.63, 3.8) is 0 Å². The molecule has 0 saturated heterocycles. The Morgan fingerprint density at radius 1 is 1.35 bits per heavy atom. The van der Waals surface area contributed by atoms with E-state index in [1.165, 1.54) is 31.5 Å². The molecule has 0 fully saturated rings. The Morgan fingerprint density at radius 2 is 2.15 bits per heavy atom. The molecule has 9 heteroatoms. The van der Waals surface area contributed by atoms with E-state index < -0.39 is 17.5 Å². The Bertz CT molecular complexity index is 983. The normalized spacial score (nSPS) is 16.7. The molecule has 7 nitrogen and oxygen atoms in total. The Hall–Kier alpha value is -2.84. The molecule has 1 aliphatic heterocycles. The summed E-state index contributed by atoms with van der Waals surface area (Å²) in [5.41, 5.74) is 0.562. The molecule has 0 bridgehead atoms. The van der Waals surface area contributed by atoms with E-state index in [0.717, 1.165) is 0 Å². The van der Waals surface area contributed by atoms with Crippen molar-refractivity contribution < 1.29 is 9.13 Å². The van der Waals surface area contributed by atoms with Crippen molar-refractivity contribution >= 4 is 29.0 Å². The van der Waals surface area contributed by atoms with E-state index in [4.69, 9.17) is 16.3 Å². The number of halogens is 2. The largest absolute Gasteiger partial charge is 0.369 e. The Kier molecular flexibility index (Phi) is 5.24. The zero-order valence-electron chi connectivity index (χ0n) is 14.0. The monoisotopic (exact) mass is 375 g/mol. The highest BCUT2D eigenvalue weighted by molar-refractivity contribution is 6.31. The molecule has 1 aliphatic rings. The van der Waals surface area contributed by atoms with Crippen LogP contribution in [0, 0.1) is 12.7 Å². The van der Waals surface area contributed by atoms with Crippen LogP contribution < -0.4 is 10.9 Å². The van der Waals surface area contributed by atoms with E-state index in [-0.39, 0.29) is 22.9 Å². The molecular formula is C17H15ClFN5O2. The number of aromatic amines is 1. The van der Waals surface area contributed by atoms with Gasteiger partial charge in [-0.1, -0.05) is 11.6 Å². The number of rotatable bonds is 3. The van der Waals surface area contributed by atoms with Crippen LogP contribution in [-0.2, 0) is 4.74 Å². The lowest BCUT2D eigenvalue weighted by molar-refractivity contribution is 0.191. The van der Waals surface area contributed by atoms with Gasteiger partial charge in [0.05, 0.1) is 11.3 Å². The van der Waals surface area contributed by atoms with Crippen molar-refractivity contribution in [1.82, 2.24) is 10.2 Å². The number of amidine groups is 2. The Labute approximate surface area is 153 Å². The number of hydrogen-bond donors (Lipinski definition) is 2. The number of aromatic nitrogens is 2. The number of ether oxygens (including phenoxy) is 1. The predicted octanol–water partition coefficient (Wildman–Crippen LogP) is 2.67. The van der Waals surface area contributed by atoms with Gasteiger partial charge >= 0.3 is 0 Å². The average molecular weight is 376 g/mol. The number of H-pyrrole nitrogens is 1. The number of aryl methyl sites for hydroxylation is 1. The lowest BCUT2D eigenvalue weighted by Crippen LogP contribution is -2.31. The highest BCUT2D eigenvalue weighted by Crippen LogP contribution is 2.18. The molecule has 0 amide bonds. The van der Waals surface area contributed by atoms with Crippen molar-refractivity contribution in [1.29, 1.82) is 0 Å². The summed E-state index contributed by atoms with van der Waals surface area (Å²) in [6, 6.07) is 5.68. The summed E-state index contributed by atoms with van der Waals surface area (Å²) in [6.07, 6.45) is 2.49. The fraction of sp³-hybridized carbons (Fsp3) is 0.176. The SMILES string of the molecule is COC1C=CN=C(c2cc(Cl)ccc2F)N=C1Nc1cc(C)n[nH]c1=O. The first kappa shape index (κ1) is 18.0. The highest BCUT2D eigenvalue weighted by atomic mass is 35.5. The van der Waals surface area contributed by atoms with Gasteiger partial charge in [-0.15, -0.1) is 0 Å². The first-order valence-electron chi connectivity index (χ1n) is 7.62. The third kappa shape index (κ3) is 3.87. The van der Waals surface area contributed by atoms with Crippen LogP contribution >= 0.6 is 11.6 Å². The molecule has 134 valence electrons. The summed E-state index contributed by atoms with van der Waals surface area (Å²) in [6.45, 7) is 1.73. The summed E-state index contributed by atoms with van der Waals surface area (Å²) in [7, 11) is 1.49.